The molecule has 0 unspecified atom stereocenters. The van der Waals surface area contributed by atoms with Gasteiger partial charge in [0.05, 0.1) is 22.6 Å². The van der Waals surface area contributed by atoms with Crippen LogP contribution in [0.25, 0.3) is 0 Å². The third-order valence-electron chi connectivity index (χ3n) is 2.62. The first-order chi connectivity index (χ1) is 9.29. The van der Waals surface area contributed by atoms with E-state index in [1.54, 1.807) is 0 Å². The highest BCUT2D eigenvalue weighted by atomic mass is 79.9. The number of nitrogens with two attached hydrogens (primary N) is 1. The Labute approximate surface area is 120 Å². The average molecular weight is 349 g/mol. The first kappa shape index (κ1) is 14.6. The number of para-hydroxylation sites is 1. The summed E-state index contributed by atoms with van der Waals surface area (Å²) in [6.45, 7) is 0. The van der Waals surface area contributed by atoms with Gasteiger partial charge in [-0.1, -0.05) is 6.07 Å². The summed E-state index contributed by atoms with van der Waals surface area (Å²) in [6, 6.07) is 7.20. The lowest BCUT2D eigenvalue weighted by Crippen LogP contribution is -2.06. The Kier molecular flexibility index (Phi) is 3.89. The van der Waals surface area contributed by atoms with Gasteiger partial charge in [0.15, 0.2) is 0 Å². The number of hydrogen-bond donors (Lipinski definition) is 2. The predicted molar refractivity (Wildman–Crippen MR) is 73.2 cm³/mol. The van der Waals surface area contributed by atoms with E-state index in [9.17, 15) is 17.6 Å². The molecule has 0 atom stereocenters. The maximum atomic E-state index is 13.3. The van der Waals surface area contributed by atoms with Gasteiger partial charge in [0.25, 0.3) is 0 Å². The predicted octanol–water partition coefficient (Wildman–Crippen LogP) is 4.93. The lowest BCUT2D eigenvalue weighted by Gasteiger charge is -2.14. The number of nitrogens with one attached hydrogen (secondary N) is 1. The lowest BCUT2D eigenvalue weighted by molar-refractivity contribution is -0.137. The van der Waals surface area contributed by atoms with E-state index in [4.69, 9.17) is 5.73 Å². The molecule has 0 heterocycles. The summed E-state index contributed by atoms with van der Waals surface area (Å²) < 4.78 is 51.7. The topological polar surface area (TPSA) is 38.0 Å². The maximum absolute atomic E-state index is 13.3. The maximum Gasteiger partial charge on any atom is 0.416 e. The minimum Gasteiger partial charge on any atom is -0.395 e. The summed E-state index contributed by atoms with van der Waals surface area (Å²) in [5, 5.41) is 2.68. The molecule has 0 saturated heterocycles. The fraction of sp³-hybridized carbons (Fsp3) is 0.0769. The zero-order valence-electron chi connectivity index (χ0n) is 9.93. The molecule has 0 radical (unpaired) electrons. The van der Waals surface area contributed by atoms with Crippen molar-refractivity contribution in [1.29, 1.82) is 0 Å². The molecule has 0 bridgehead atoms. The van der Waals surface area contributed by atoms with E-state index in [1.165, 1.54) is 24.3 Å². The molecule has 2 rings (SSSR count). The summed E-state index contributed by atoms with van der Waals surface area (Å²) in [5.74, 6) is -0.641. The van der Waals surface area contributed by atoms with Crippen molar-refractivity contribution in [3.8, 4) is 0 Å². The molecule has 0 spiro atoms. The number of nitrogen functional groups attached to an aromatic ring is 1. The molecule has 20 heavy (non-hydrogen) atoms. The zero-order valence-corrected chi connectivity index (χ0v) is 11.5. The Morgan fingerprint density at radius 1 is 1.05 bits per heavy atom. The molecular formula is C13H9BrF4N2. The standard InChI is InChI=1S/C13H9BrF4N2/c14-8-5-4-7(13(16,17)18)6-11(8)20-10-3-1-2-9(15)12(10)19/h1-6,20H,19H2. The molecule has 2 nitrogen and oxygen atoms in total. The molecule has 7 heteroatoms. The van der Waals surface area contributed by atoms with E-state index in [2.05, 4.69) is 21.2 Å². The van der Waals surface area contributed by atoms with Crippen LogP contribution >= 0.6 is 15.9 Å². The van der Waals surface area contributed by atoms with Crippen LogP contribution in [0.4, 0.5) is 34.6 Å². The largest absolute Gasteiger partial charge is 0.416 e. The van der Waals surface area contributed by atoms with Gasteiger partial charge < -0.3 is 11.1 Å². The molecule has 0 fully saturated rings. The number of halogens is 5. The number of alkyl halides is 3. The van der Waals surface area contributed by atoms with Gasteiger partial charge in [0, 0.05) is 4.47 Å². The van der Waals surface area contributed by atoms with Crippen LogP contribution in [0.5, 0.6) is 0 Å². The number of rotatable bonds is 2. The number of anilines is 3. The average Bonchev–Trinajstić information content (AvgIpc) is 2.36. The molecule has 0 aliphatic rings. The lowest BCUT2D eigenvalue weighted by atomic mass is 10.2. The van der Waals surface area contributed by atoms with Crippen molar-refractivity contribution in [2.75, 3.05) is 11.1 Å². The van der Waals surface area contributed by atoms with Gasteiger partial charge in [-0.3, -0.25) is 0 Å². The van der Waals surface area contributed by atoms with E-state index in [-0.39, 0.29) is 17.1 Å². The summed E-state index contributed by atoms with van der Waals surface area (Å²) >= 11 is 3.13. The van der Waals surface area contributed by atoms with Crippen molar-refractivity contribution < 1.29 is 17.6 Å². The highest BCUT2D eigenvalue weighted by molar-refractivity contribution is 9.10. The first-order valence-corrected chi connectivity index (χ1v) is 6.26. The van der Waals surface area contributed by atoms with Crippen LogP contribution in [0, 0.1) is 5.82 Å². The molecule has 2 aromatic carbocycles. The van der Waals surface area contributed by atoms with Gasteiger partial charge >= 0.3 is 6.18 Å². The van der Waals surface area contributed by atoms with E-state index in [1.807, 2.05) is 0 Å². The Morgan fingerprint density at radius 3 is 2.40 bits per heavy atom. The smallest absolute Gasteiger partial charge is 0.395 e. The van der Waals surface area contributed by atoms with Crippen LogP contribution in [-0.2, 0) is 6.18 Å². The second kappa shape index (κ2) is 5.32. The zero-order chi connectivity index (χ0) is 14.9. The van der Waals surface area contributed by atoms with Gasteiger partial charge in [-0.2, -0.15) is 13.2 Å². The van der Waals surface area contributed by atoms with Crippen molar-refractivity contribution >= 4 is 33.0 Å². The van der Waals surface area contributed by atoms with E-state index in [0.717, 1.165) is 12.1 Å². The normalized spacial score (nSPS) is 11.4. The van der Waals surface area contributed by atoms with E-state index < -0.39 is 17.6 Å². The minimum absolute atomic E-state index is 0.150. The number of benzene rings is 2. The summed E-state index contributed by atoms with van der Waals surface area (Å²) in [7, 11) is 0. The quantitative estimate of drug-likeness (QED) is 0.596. The van der Waals surface area contributed by atoms with Crippen LogP contribution in [-0.4, -0.2) is 0 Å². The Bertz CT molecular complexity index is 641. The fourth-order valence-corrected chi connectivity index (χ4v) is 1.93. The SMILES string of the molecule is Nc1c(F)cccc1Nc1cc(C(F)(F)F)ccc1Br. The van der Waals surface area contributed by atoms with Crippen LogP contribution in [0.1, 0.15) is 5.56 Å². The number of hydrogen-bond acceptors (Lipinski definition) is 2. The Hall–Kier alpha value is -1.76. The Morgan fingerprint density at radius 2 is 1.75 bits per heavy atom. The van der Waals surface area contributed by atoms with Gasteiger partial charge in [-0.25, -0.2) is 4.39 Å². The van der Waals surface area contributed by atoms with Crippen LogP contribution < -0.4 is 11.1 Å². The Balaban J connectivity index is 2.41. The summed E-state index contributed by atoms with van der Waals surface area (Å²) in [4.78, 5) is 0. The molecular weight excluding hydrogens is 340 g/mol. The van der Waals surface area contributed by atoms with E-state index >= 15 is 0 Å². The fourth-order valence-electron chi connectivity index (χ4n) is 1.59. The molecule has 0 aliphatic carbocycles. The molecule has 106 valence electrons. The molecule has 3 N–H and O–H groups in total. The second-order valence-corrected chi connectivity index (χ2v) is 4.87. The monoisotopic (exact) mass is 348 g/mol. The molecule has 0 aliphatic heterocycles. The molecule has 0 amide bonds. The van der Waals surface area contributed by atoms with Crippen molar-refractivity contribution in [1.82, 2.24) is 0 Å². The van der Waals surface area contributed by atoms with Gasteiger partial charge in [0.1, 0.15) is 5.82 Å². The molecule has 2 aromatic rings. The van der Waals surface area contributed by atoms with Crippen molar-refractivity contribution in [3.05, 3.63) is 52.3 Å². The third kappa shape index (κ3) is 3.04. The van der Waals surface area contributed by atoms with Gasteiger partial charge in [-0.15, -0.1) is 0 Å². The highest BCUT2D eigenvalue weighted by Crippen LogP contribution is 2.36. The van der Waals surface area contributed by atoms with Crippen molar-refractivity contribution in [2.24, 2.45) is 0 Å². The highest BCUT2D eigenvalue weighted by Gasteiger charge is 2.31. The first-order valence-electron chi connectivity index (χ1n) is 5.47. The van der Waals surface area contributed by atoms with Crippen molar-refractivity contribution in [3.63, 3.8) is 0 Å². The van der Waals surface area contributed by atoms with Gasteiger partial charge in [0.2, 0.25) is 0 Å². The minimum atomic E-state index is -4.45. The van der Waals surface area contributed by atoms with Crippen LogP contribution in [0.15, 0.2) is 40.9 Å². The van der Waals surface area contributed by atoms with E-state index in [0.29, 0.717) is 4.47 Å². The van der Waals surface area contributed by atoms with Crippen molar-refractivity contribution in [2.45, 2.75) is 6.18 Å². The van der Waals surface area contributed by atoms with Crippen LogP contribution in [0.2, 0.25) is 0 Å². The molecule has 0 aromatic heterocycles. The summed E-state index contributed by atoms with van der Waals surface area (Å²) in [6.07, 6.45) is -4.45. The van der Waals surface area contributed by atoms with Gasteiger partial charge in [-0.05, 0) is 46.3 Å². The molecule has 0 saturated carbocycles. The third-order valence-corrected chi connectivity index (χ3v) is 3.31. The second-order valence-electron chi connectivity index (χ2n) is 4.02. The van der Waals surface area contributed by atoms with Crippen LogP contribution in [0.3, 0.4) is 0 Å². The summed E-state index contributed by atoms with van der Waals surface area (Å²) in [5.41, 5.74) is 4.92.